The van der Waals surface area contributed by atoms with Crippen LogP contribution in [0.1, 0.15) is 28.8 Å². The summed E-state index contributed by atoms with van der Waals surface area (Å²) in [5.41, 5.74) is 2.17. The molecule has 1 amide bonds. The van der Waals surface area contributed by atoms with Gasteiger partial charge in [0.15, 0.2) is 0 Å². The molecule has 1 saturated heterocycles. The number of piperidine rings is 1. The van der Waals surface area contributed by atoms with Crippen LogP contribution in [-0.2, 0) is 6.54 Å². The number of hydrogen-bond donors (Lipinski definition) is 2. The number of rotatable bonds is 4. The molecule has 6 nitrogen and oxygen atoms in total. The molecule has 3 aromatic rings. The lowest BCUT2D eigenvalue weighted by Gasteiger charge is -2.23. The molecule has 1 fully saturated rings. The first kappa shape index (κ1) is 18.4. The predicted octanol–water partition coefficient (Wildman–Crippen LogP) is 2.96. The third-order valence-corrected chi connectivity index (χ3v) is 5.32. The number of fused-ring (bicyclic) bond motifs is 1. The van der Waals surface area contributed by atoms with Crippen molar-refractivity contribution in [1.82, 2.24) is 14.9 Å². The van der Waals surface area contributed by atoms with Crippen molar-refractivity contribution in [2.45, 2.75) is 26.3 Å². The molecule has 1 atom stereocenters. The van der Waals surface area contributed by atoms with Crippen LogP contribution < -0.4 is 16.2 Å². The van der Waals surface area contributed by atoms with Gasteiger partial charge >= 0.3 is 0 Å². The Morgan fingerprint density at radius 3 is 3.04 bits per heavy atom. The second kappa shape index (κ2) is 7.94. The number of anilines is 1. The van der Waals surface area contributed by atoms with E-state index in [2.05, 4.69) is 15.6 Å². The zero-order valence-corrected chi connectivity index (χ0v) is 15.9. The van der Waals surface area contributed by atoms with Crippen molar-refractivity contribution in [1.29, 1.82) is 0 Å². The van der Waals surface area contributed by atoms with Gasteiger partial charge in [-0.1, -0.05) is 6.07 Å². The molecule has 1 aliphatic rings. The fourth-order valence-corrected chi connectivity index (χ4v) is 3.79. The normalized spacial score (nSPS) is 16.8. The van der Waals surface area contributed by atoms with Crippen molar-refractivity contribution >= 4 is 22.5 Å². The van der Waals surface area contributed by atoms with Crippen molar-refractivity contribution in [3.05, 3.63) is 70.3 Å². The molecule has 0 spiro atoms. The maximum Gasteiger partial charge on any atom is 0.263 e. The zero-order chi connectivity index (χ0) is 19.5. The van der Waals surface area contributed by atoms with Gasteiger partial charge in [-0.3, -0.25) is 14.6 Å². The molecule has 3 heterocycles. The van der Waals surface area contributed by atoms with E-state index in [0.29, 0.717) is 23.7 Å². The third kappa shape index (κ3) is 3.82. The summed E-state index contributed by atoms with van der Waals surface area (Å²) >= 11 is 0. The minimum Gasteiger partial charge on any atom is -0.322 e. The van der Waals surface area contributed by atoms with E-state index in [0.717, 1.165) is 36.8 Å². The highest BCUT2D eigenvalue weighted by atomic mass is 16.2. The van der Waals surface area contributed by atoms with Gasteiger partial charge in [-0.2, -0.15) is 0 Å². The summed E-state index contributed by atoms with van der Waals surface area (Å²) in [6, 6.07) is 11.2. The summed E-state index contributed by atoms with van der Waals surface area (Å²) in [4.78, 5) is 30.1. The highest BCUT2D eigenvalue weighted by Gasteiger charge is 2.19. The average Bonchev–Trinajstić information content (AvgIpc) is 2.71. The Balaban J connectivity index is 1.58. The first-order valence-electron chi connectivity index (χ1n) is 9.69. The van der Waals surface area contributed by atoms with Crippen LogP contribution in [0.2, 0.25) is 0 Å². The Labute approximate surface area is 163 Å². The Hall–Kier alpha value is -2.99. The Morgan fingerprint density at radius 2 is 2.21 bits per heavy atom. The first-order chi connectivity index (χ1) is 13.6. The molecule has 1 aromatic carbocycles. The van der Waals surface area contributed by atoms with Crippen LogP contribution in [-0.4, -0.2) is 28.5 Å². The molecule has 2 aromatic heterocycles. The van der Waals surface area contributed by atoms with Crippen molar-refractivity contribution in [2.75, 3.05) is 18.4 Å². The minimum atomic E-state index is -0.373. The summed E-state index contributed by atoms with van der Waals surface area (Å²) in [5, 5.41) is 7.18. The molecule has 0 saturated carbocycles. The number of amides is 1. The molecule has 0 radical (unpaired) electrons. The Bertz CT molecular complexity index is 1070. The monoisotopic (exact) mass is 376 g/mol. The second-order valence-corrected chi connectivity index (χ2v) is 7.41. The number of carbonyl (C=O) groups is 1. The van der Waals surface area contributed by atoms with E-state index in [1.165, 1.54) is 0 Å². The average molecular weight is 376 g/mol. The SMILES string of the molecule is Cc1ccn(CC2CCCNC2)c(=O)c1C(=O)Nc1ccc2ncccc2c1. The number of carbonyl (C=O) groups excluding carboxylic acids is 1. The van der Waals surface area contributed by atoms with Crippen LogP contribution in [0.3, 0.4) is 0 Å². The summed E-state index contributed by atoms with van der Waals surface area (Å²) in [7, 11) is 0. The Kier molecular flexibility index (Phi) is 5.21. The molecule has 0 aliphatic carbocycles. The fourth-order valence-electron chi connectivity index (χ4n) is 3.79. The van der Waals surface area contributed by atoms with E-state index in [1.54, 1.807) is 30.0 Å². The largest absolute Gasteiger partial charge is 0.322 e. The predicted molar refractivity (Wildman–Crippen MR) is 111 cm³/mol. The number of aryl methyl sites for hydroxylation is 1. The second-order valence-electron chi connectivity index (χ2n) is 7.41. The Morgan fingerprint density at radius 1 is 1.32 bits per heavy atom. The van der Waals surface area contributed by atoms with Gasteiger partial charge in [-0.05, 0) is 74.7 Å². The van der Waals surface area contributed by atoms with Crippen LogP contribution in [0, 0.1) is 12.8 Å². The van der Waals surface area contributed by atoms with Crippen LogP contribution in [0.15, 0.2) is 53.6 Å². The van der Waals surface area contributed by atoms with Gasteiger partial charge in [0.05, 0.1) is 5.52 Å². The minimum absolute atomic E-state index is 0.206. The lowest BCUT2D eigenvalue weighted by atomic mass is 9.99. The van der Waals surface area contributed by atoms with E-state index in [1.807, 2.05) is 30.3 Å². The summed E-state index contributed by atoms with van der Waals surface area (Å²) < 4.78 is 1.67. The first-order valence-corrected chi connectivity index (χ1v) is 9.69. The third-order valence-electron chi connectivity index (χ3n) is 5.32. The number of nitrogens with zero attached hydrogens (tertiary/aromatic N) is 2. The fraction of sp³-hybridized carbons (Fsp3) is 0.318. The lowest BCUT2D eigenvalue weighted by molar-refractivity contribution is 0.102. The van der Waals surface area contributed by atoms with Crippen molar-refractivity contribution in [3.8, 4) is 0 Å². The number of hydrogen-bond acceptors (Lipinski definition) is 4. The highest BCUT2D eigenvalue weighted by molar-refractivity contribution is 6.05. The standard InChI is InChI=1S/C22H24N4O2/c1-15-8-11-26(14-16-4-2-9-23-13-16)22(28)20(15)21(27)25-18-6-7-19-17(12-18)5-3-10-24-19/h3,5-8,10-12,16,23H,2,4,9,13-14H2,1H3,(H,25,27). The molecule has 4 rings (SSSR count). The van der Waals surface area contributed by atoms with Crippen LogP contribution >= 0.6 is 0 Å². The van der Waals surface area contributed by atoms with Gasteiger partial charge < -0.3 is 15.2 Å². The molecular formula is C22H24N4O2. The molecule has 2 N–H and O–H groups in total. The summed E-state index contributed by atoms with van der Waals surface area (Å²) in [6.07, 6.45) is 5.75. The van der Waals surface area contributed by atoms with Gasteiger partial charge in [0.25, 0.3) is 11.5 Å². The van der Waals surface area contributed by atoms with Crippen LogP contribution in [0.25, 0.3) is 10.9 Å². The van der Waals surface area contributed by atoms with Gasteiger partial charge in [0.1, 0.15) is 5.56 Å². The maximum atomic E-state index is 13.0. The van der Waals surface area contributed by atoms with Gasteiger partial charge in [-0.15, -0.1) is 0 Å². The lowest BCUT2D eigenvalue weighted by Crippen LogP contribution is -2.36. The number of aromatic nitrogens is 2. The summed E-state index contributed by atoms with van der Waals surface area (Å²) in [5.74, 6) is 0.0416. The quantitative estimate of drug-likeness (QED) is 0.734. The van der Waals surface area contributed by atoms with Gasteiger partial charge in [0, 0.05) is 30.0 Å². The zero-order valence-electron chi connectivity index (χ0n) is 15.9. The van der Waals surface area contributed by atoms with Crippen LogP contribution in [0.5, 0.6) is 0 Å². The molecule has 28 heavy (non-hydrogen) atoms. The van der Waals surface area contributed by atoms with E-state index >= 15 is 0 Å². The number of pyridine rings is 2. The van der Waals surface area contributed by atoms with Crippen LogP contribution in [0.4, 0.5) is 5.69 Å². The molecule has 1 unspecified atom stereocenters. The summed E-state index contributed by atoms with van der Waals surface area (Å²) in [6.45, 7) is 4.38. The van der Waals surface area contributed by atoms with Gasteiger partial charge in [-0.25, -0.2) is 0 Å². The number of benzene rings is 1. The smallest absolute Gasteiger partial charge is 0.263 e. The molecule has 144 valence electrons. The van der Waals surface area contributed by atoms with Crippen molar-refractivity contribution < 1.29 is 4.79 Å². The molecule has 1 aliphatic heterocycles. The topological polar surface area (TPSA) is 76.0 Å². The van der Waals surface area contributed by atoms with E-state index < -0.39 is 0 Å². The van der Waals surface area contributed by atoms with E-state index in [-0.39, 0.29) is 17.0 Å². The molecular weight excluding hydrogens is 352 g/mol. The maximum absolute atomic E-state index is 13.0. The van der Waals surface area contributed by atoms with Crippen molar-refractivity contribution in [3.63, 3.8) is 0 Å². The van der Waals surface area contributed by atoms with Gasteiger partial charge in [0.2, 0.25) is 0 Å². The van der Waals surface area contributed by atoms with Crippen molar-refractivity contribution in [2.24, 2.45) is 5.92 Å². The molecule has 0 bridgehead atoms. The van der Waals surface area contributed by atoms with E-state index in [4.69, 9.17) is 0 Å². The number of nitrogens with one attached hydrogen (secondary N) is 2. The highest BCUT2D eigenvalue weighted by Crippen LogP contribution is 2.18. The van der Waals surface area contributed by atoms with E-state index in [9.17, 15) is 9.59 Å². The molecule has 6 heteroatoms.